The first kappa shape index (κ1) is 35.2. The van der Waals surface area contributed by atoms with E-state index >= 15 is 8.78 Å². The molecule has 0 radical (unpaired) electrons. The number of hydrogen-bond donors (Lipinski definition) is 1. The molecular formula is C38H37ClF3N9O2S. The number of nitrogens with two attached hydrogens (primary N) is 1. The highest BCUT2D eigenvalue weighted by molar-refractivity contribution is 7.23. The lowest BCUT2D eigenvalue weighted by molar-refractivity contribution is 0.00453. The van der Waals surface area contributed by atoms with Crippen LogP contribution in [0.15, 0.2) is 18.2 Å². The van der Waals surface area contributed by atoms with E-state index in [1.54, 1.807) is 15.9 Å². The Hall–Kier alpha value is -4.57. The van der Waals surface area contributed by atoms with Crippen molar-refractivity contribution >= 4 is 60.8 Å². The number of nitrogens with zero attached hydrogens (tertiary/aromatic N) is 8. The van der Waals surface area contributed by atoms with Crippen LogP contribution in [0.5, 0.6) is 6.01 Å². The predicted octanol–water partition coefficient (Wildman–Crippen LogP) is 6.86. The number of hydrogen-bond acceptors (Lipinski definition) is 10. The number of thiophene rings is 1. The van der Waals surface area contributed by atoms with E-state index in [1.807, 2.05) is 6.07 Å². The van der Waals surface area contributed by atoms with Crippen molar-refractivity contribution in [1.29, 1.82) is 10.5 Å². The van der Waals surface area contributed by atoms with Crippen LogP contribution in [0.3, 0.4) is 0 Å². The molecule has 0 unspecified atom stereocenters. The molecule has 2 amide bonds. The molecule has 0 saturated carbocycles. The highest BCUT2D eigenvalue weighted by Gasteiger charge is 2.51. The molecule has 5 aliphatic heterocycles. The molecule has 5 aliphatic rings. The van der Waals surface area contributed by atoms with Crippen molar-refractivity contribution in [3.05, 3.63) is 40.4 Å². The maximum atomic E-state index is 17.3. The molecule has 1 spiro atoms. The van der Waals surface area contributed by atoms with Gasteiger partial charge in [0.05, 0.1) is 26.9 Å². The van der Waals surface area contributed by atoms with Gasteiger partial charge >= 0.3 is 12.0 Å². The van der Waals surface area contributed by atoms with Gasteiger partial charge in [-0.25, -0.2) is 18.0 Å². The number of nitrogen functional groups attached to an aromatic ring is 1. The molecule has 2 N–H and O–H groups in total. The van der Waals surface area contributed by atoms with Crippen LogP contribution in [0, 0.1) is 39.7 Å². The summed E-state index contributed by atoms with van der Waals surface area (Å²) in [5.74, 6) is -0.948. The molecule has 7 heterocycles. The third-order valence-corrected chi connectivity index (χ3v) is 13.5. The van der Waals surface area contributed by atoms with Crippen LogP contribution in [-0.4, -0.2) is 101 Å². The Bertz CT molecular complexity index is 2310. The SMILES string of the molecule is N#Cc1c(N)sc2c(F)ccc(-c3c(Cl)cc4c(N5CCCCC6(CN(C(=O)N7CC[C@H]7C#N)C6)C5)nc(OC[C@@]56CCCN5C[C@H](F)C6)nc4c3F)c12. The van der Waals surface area contributed by atoms with E-state index in [0.717, 1.165) is 50.0 Å². The number of carbonyl (C=O) groups excluding carboxylic acids is 1. The molecule has 2 aromatic heterocycles. The minimum absolute atomic E-state index is 0.0204. The molecule has 4 aromatic rings. The van der Waals surface area contributed by atoms with Gasteiger partial charge in [0.1, 0.15) is 47.0 Å². The monoisotopic (exact) mass is 775 g/mol. The van der Waals surface area contributed by atoms with Gasteiger partial charge in [0, 0.05) is 67.4 Å². The fourth-order valence-corrected chi connectivity index (χ4v) is 10.7. The Labute approximate surface area is 318 Å². The standard InChI is InChI=1S/C38H37ClF3N9O2S/c39-26-12-24-31(30(42)29(26)23-4-5-27(41)32-28(23)25(15-44)33(45)54-32)46-35(53-20-38-8-3-10-50(38)16-21(40)13-38)47-34(24)48-9-2-1-7-37(17-48)18-49(19-37)36(52)51-11-6-22(51)14-43/h4-5,12,21-22H,1-3,6-11,13,16-20,45H2/t21-,22+,38+/m1/s1. The second-order valence-electron chi connectivity index (χ2n) is 15.5. The number of urea groups is 1. The average Bonchev–Trinajstić information content (AvgIpc) is 3.69. The maximum absolute atomic E-state index is 17.3. The second kappa shape index (κ2) is 13.0. The first-order valence-corrected chi connectivity index (χ1v) is 19.6. The summed E-state index contributed by atoms with van der Waals surface area (Å²) in [6.45, 7) is 4.02. The molecule has 280 valence electrons. The smallest absolute Gasteiger partial charge is 0.321 e. The zero-order chi connectivity index (χ0) is 37.5. The van der Waals surface area contributed by atoms with Gasteiger partial charge in [-0.2, -0.15) is 20.5 Å². The first-order valence-electron chi connectivity index (χ1n) is 18.4. The average molecular weight is 776 g/mol. The predicted molar refractivity (Wildman–Crippen MR) is 199 cm³/mol. The fourth-order valence-electron chi connectivity index (χ4n) is 9.50. The molecule has 5 fully saturated rings. The van der Waals surface area contributed by atoms with Gasteiger partial charge in [-0.3, -0.25) is 4.90 Å². The lowest BCUT2D eigenvalue weighted by Crippen LogP contribution is -2.67. The summed E-state index contributed by atoms with van der Waals surface area (Å²) in [6.07, 6.45) is 4.38. The first-order chi connectivity index (χ1) is 26.0. The van der Waals surface area contributed by atoms with E-state index in [-0.39, 0.29) is 72.4 Å². The molecule has 2 aromatic carbocycles. The zero-order valence-electron chi connectivity index (χ0n) is 29.4. The summed E-state index contributed by atoms with van der Waals surface area (Å²) in [6, 6.07) is 7.87. The van der Waals surface area contributed by atoms with Crippen molar-refractivity contribution in [2.24, 2.45) is 5.41 Å². The van der Waals surface area contributed by atoms with Crippen LogP contribution in [0.1, 0.15) is 50.5 Å². The molecule has 9 rings (SSSR count). The minimum Gasteiger partial charge on any atom is -0.461 e. The van der Waals surface area contributed by atoms with Crippen LogP contribution in [-0.2, 0) is 0 Å². The van der Waals surface area contributed by atoms with Crippen LogP contribution >= 0.6 is 22.9 Å². The normalized spacial score (nSPS) is 25.0. The number of fused-ring (bicyclic) bond motifs is 3. The van der Waals surface area contributed by atoms with Crippen molar-refractivity contribution in [3.8, 4) is 29.3 Å². The number of likely N-dealkylation sites (tertiary alicyclic amines) is 2. The summed E-state index contributed by atoms with van der Waals surface area (Å²) < 4.78 is 53.4. The number of nitriles is 2. The minimum atomic E-state index is -0.963. The molecule has 0 aliphatic carbocycles. The number of halogens is 4. The highest BCUT2D eigenvalue weighted by Crippen LogP contribution is 2.47. The number of ether oxygens (including phenoxy) is 1. The van der Waals surface area contributed by atoms with E-state index in [1.165, 1.54) is 12.1 Å². The van der Waals surface area contributed by atoms with Crippen LogP contribution in [0.2, 0.25) is 5.02 Å². The molecule has 3 atom stereocenters. The van der Waals surface area contributed by atoms with Crippen molar-refractivity contribution in [3.63, 3.8) is 0 Å². The second-order valence-corrected chi connectivity index (χ2v) is 17.0. The number of amides is 2. The number of anilines is 2. The van der Waals surface area contributed by atoms with Gasteiger partial charge in [0.2, 0.25) is 0 Å². The third kappa shape index (κ3) is 5.49. The maximum Gasteiger partial charge on any atom is 0.321 e. The lowest BCUT2D eigenvalue weighted by Gasteiger charge is -2.53. The lowest BCUT2D eigenvalue weighted by atomic mass is 9.76. The van der Waals surface area contributed by atoms with Crippen LogP contribution in [0.4, 0.5) is 28.8 Å². The Balaban J connectivity index is 1.13. The number of benzene rings is 2. The topological polar surface area (TPSA) is 139 Å². The quantitative estimate of drug-likeness (QED) is 0.230. The van der Waals surface area contributed by atoms with E-state index < -0.39 is 23.3 Å². The van der Waals surface area contributed by atoms with Gasteiger partial charge in [-0.05, 0) is 56.3 Å². The molecule has 5 saturated heterocycles. The number of carbonyl (C=O) groups is 1. The van der Waals surface area contributed by atoms with E-state index in [4.69, 9.17) is 27.1 Å². The summed E-state index contributed by atoms with van der Waals surface area (Å²) in [7, 11) is 0. The van der Waals surface area contributed by atoms with Crippen molar-refractivity contribution in [2.45, 2.75) is 62.7 Å². The molecule has 0 bridgehead atoms. The van der Waals surface area contributed by atoms with Gasteiger partial charge in [0.15, 0.2) is 5.82 Å². The van der Waals surface area contributed by atoms with E-state index in [9.17, 15) is 19.7 Å². The highest BCUT2D eigenvalue weighted by atomic mass is 35.5. The summed E-state index contributed by atoms with van der Waals surface area (Å²) in [4.78, 5) is 30.4. The van der Waals surface area contributed by atoms with Gasteiger partial charge < -0.3 is 25.2 Å². The van der Waals surface area contributed by atoms with E-state index in [0.29, 0.717) is 63.3 Å². The van der Waals surface area contributed by atoms with Gasteiger partial charge in [0.25, 0.3) is 0 Å². The molecular weight excluding hydrogens is 739 g/mol. The van der Waals surface area contributed by atoms with Crippen LogP contribution < -0.4 is 15.4 Å². The van der Waals surface area contributed by atoms with Gasteiger partial charge in [-0.1, -0.05) is 24.1 Å². The summed E-state index contributed by atoms with van der Waals surface area (Å²) in [5, 5.41) is 20.0. The fraction of sp³-hybridized carbons (Fsp3) is 0.500. The molecule has 54 heavy (non-hydrogen) atoms. The van der Waals surface area contributed by atoms with Crippen molar-refractivity contribution < 1.29 is 22.7 Å². The molecule has 16 heteroatoms. The van der Waals surface area contributed by atoms with Crippen molar-refractivity contribution in [2.75, 3.05) is 63.1 Å². The largest absolute Gasteiger partial charge is 0.461 e. The Morgan fingerprint density at radius 2 is 1.94 bits per heavy atom. The third-order valence-electron chi connectivity index (χ3n) is 12.2. The summed E-state index contributed by atoms with van der Waals surface area (Å²) in [5.41, 5.74) is 5.49. The number of rotatable bonds is 5. The molecule has 11 nitrogen and oxygen atoms in total. The van der Waals surface area contributed by atoms with Crippen LogP contribution in [0.25, 0.3) is 32.1 Å². The Morgan fingerprint density at radius 1 is 1.11 bits per heavy atom. The Kier molecular flexibility index (Phi) is 8.48. The Morgan fingerprint density at radius 3 is 2.70 bits per heavy atom. The number of aromatic nitrogens is 2. The zero-order valence-corrected chi connectivity index (χ0v) is 31.0. The van der Waals surface area contributed by atoms with Crippen molar-refractivity contribution in [1.82, 2.24) is 24.7 Å². The number of alkyl halides is 1. The van der Waals surface area contributed by atoms with E-state index in [2.05, 4.69) is 20.9 Å². The van der Waals surface area contributed by atoms with Gasteiger partial charge in [-0.15, -0.1) is 11.3 Å². The summed E-state index contributed by atoms with van der Waals surface area (Å²) >= 11 is 7.86.